The Balaban J connectivity index is 1.28. The fourth-order valence-electron chi connectivity index (χ4n) is 3.99. The minimum absolute atomic E-state index is 0.0122. The second kappa shape index (κ2) is 7.63. The van der Waals surface area contributed by atoms with E-state index in [1.807, 2.05) is 41.0 Å². The first kappa shape index (κ1) is 18.4. The van der Waals surface area contributed by atoms with Crippen LogP contribution in [0.25, 0.3) is 11.3 Å². The minimum atomic E-state index is -0.0122. The highest BCUT2D eigenvalue weighted by atomic mass is 32.1. The predicted molar refractivity (Wildman–Crippen MR) is 115 cm³/mol. The number of nitrogens with one attached hydrogen (secondary N) is 1. The van der Waals surface area contributed by atoms with E-state index in [1.165, 1.54) is 18.4 Å². The zero-order valence-corrected chi connectivity index (χ0v) is 17.4. The maximum Gasteiger partial charge on any atom is 0.322 e. The minimum Gasteiger partial charge on any atom is -0.324 e. The van der Waals surface area contributed by atoms with Crippen molar-refractivity contribution in [1.29, 1.82) is 0 Å². The smallest absolute Gasteiger partial charge is 0.322 e. The molecule has 1 aliphatic carbocycles. The van der Waals surface area contributed by atoms with Crippen LogP contribution in [0.15, 0.2) is 42.7 Å². The second-order valence-electron chi connectivity index (χ2n) is 8.13. The summed E-state index contributed by atoms with van der Waals surface area (Å²) < 4.78 is 1.83. The van der Waals surface area contributed by atoms with Crippen molar-refractivity contribution in [2.45, 2.75) is 31.6 Å². The molecule has 3 aromatic rings. The summed E-state index contributed by atoms with van der Waals surface area (Å²) in [7, 11) is 1.94. The molecule has 1 saturated carbocycles. The quantitative estimate of drug-likeness (QED) is 0.676. The van der Waals surface area contributed by atoms with Crippen molar-refractivity contribution in [3.8, 4) is 11.3 Å². The zero-order chi connectivity index (χ0) is 19.8. The van der Waals surface area contributed by atoms with E-state index in [9.17, 15) is 4.79 Å². The maximum atomic E-state index is 13.0. The van der Waals surface area contributed by atoms with Gasteiger partial charge in [-0.05, 0) is 37.2 Å². The van der Waals surface area contributed by atoms with E-state index in [1.54, 1.807) is 11.3 Å². The summed E-state index contributed by atoms with van der Waals surface area (Å²) in [5.41, 5.74) is 3.20. The molecule has 7 heteroatoms. The largest absolute Gasteiger partial charge is 0.324 e. The molecule has 150 valence electrons. The SMILES string of the molecule is Cn1cc(C[C@@H]2CCN(C(=O)Nc3sc(C4CC4)nc3-c3ccccc3)C2)cn1. The lowest BCUT2D eigenvalue weighted by Crippen LogP contribution is -2.33. The number of thiazole rings is 1. The molecule has 2 aliphatic rings. The monoisotopic (exact) mass is 407 g/mol. The van der Waals surface area contributed by atoms with Gasteiger partial charge < -0.3 is 4.90 Å². The number of amides is 2. The number of aromatic nitrogens is 3. The third kappa shape index (κ3) is 4.05. The molecule has 0 bridgehead atoms. The Bertz CT molecular complexity index is 1010. The van der Waals surface area contributed by atoms with Crippen molar-refractivity contribution in [3.63, 3.8) is 0 Å². The molecule has 1 atom stereocenters. The van der Waals surface area contributed by atoms with Crippen LogP contribution in [-0.4, -0.2) is 38.8 Å². The third-order valence-electron chi connectivity index (χ3n) is 5.69. The molecule has 0 spiro atoms. The van der Waals surface area contributed by atoms with Crippen molar-refractivity contribution in [1.82, 2.24) is 19.7 Å². The summed E-state index contributed by atoms with van der Waals surface area (Å²) in [5, 5.41) is 9.44. The van der Waals surface area contributed by atoms with Crippen LogP contribution in [0.1, 0.15) is 35.8 Å². The summed E-state index contributed by atoms with van der Waals surface area (Å²) in [6, 6.07) is 10.1. The van der Waals surface area contributed by atoms with Gasteiger partial charge in [0.15, 0.2) is 0 Å². The normalized spacial score (nSPS) is 18.9. The van der Waals surface area contributed by atoms with E-state index in [0.29, 0.717) is 11.8 Å². The number of carbonyl (C=O) groups is 1. The first-order valence-electron chi connectivity index (χ1n) is 10.3. The van der Waals surface area contributed by atoms with Crippen molar-refractivity contribution in [2.75, 3.05) is 18.4 Å². The number of anilines is 1. The fourth-order valence-corrected chi connectivity index (χ4v) is 5.14. The molecule has 29 heavy (non-hydrogen) atoms. The lowest BCUT2D eigenvalue weighted by molar-refractivity contribution is 0.221. The number of urea groups is 1. The van der Waals surface area contributed by atoms with Crippen molar-refractivity contribution < 1.29 is 4.79 Å². The maximum absolute atomic E-state index is 13.0. The van der Waals surface area contributed by atoms with Crippen LogP contribution in [0.3, 0.4) is 0 Å². The number of likely N-dealkylation sites (tertiary alicyclic amines) is 1. The van der Waals surface area contributed by atoms with Gasteiger partial charge in [0.2, 0.25) is 0 Å². The number of benzene rings is 1. The Morgan fingerprint density at radius 3 is 2.79 bits per heavy atom. The highest BCUT2D eigenvalue weighted by Crippen LogP contribution is 2.46. The molecule has 3 heterocycles. The molecule has 0 unspecified atom stereocenters. The lowest BCUT2D eigenvalue weighted by Gasteiger charge is -2.17. The van der Waals surface area contributed by atoms with Crippen LogP contribution in [0.4, 0.5) is 9.80 Å². The summed E-state index contributed by atoms with van der Waals surface area (Å²) in [6.45, 7) is 1.58. The van der Waals surface area contributed by atoms with Gasteiger partial charge in [-0.25, -0.2) is 9.78 Å². The number of rotatable bonds is 5. The van der Waals surface area contributed by atoms with Gasteiger partial charge in [0.05, 0.1) is 11.2 Å². The van der Waals surface area contributed by atoms with Gasteiger partial charge >= 0.3 is 6.03 Å². The number of hydrogen-bond acceptors (Lipinski definition) is 4. The van der Waals surface area contributed by atoms with Gasteiger partial charge in [-0.1, -0.05) is 30.3 Å². The molecule has 2 amide bonds. The van der Waals surface area contributed by atoms with E-state index in [-0.39, 0.29) is 6.03 Å². The summed E-state index contributed by atoms with van der Waals surface area (Å²) in [6.07, 6.45) is 8.40. The van der Waals surface area contributed by atoms with Crippen LogP contribution < -0.4 is 5.32 Å². The number of aryl methyl sites for hydroxylation is 1. The van der Waals surface area contributed by atoms with Gasteiger partial charge in [-0.3, -0.25) is 10.00 Å². The predicted octanol–water partition coefficient (Wildman–Crippen LogP) is 4.52. The van der Waals surface area contributed by atoms with Crippen molar-refractivity contribution in [3.05, 3.63) is 53.3 Å². The molecule has 1 N–H and O–H groups in total. The molecule has 5 rings (SSSR count). The van der Waals surface area contributed by atoms with Gasteiger partial charge in [-0.2, -0.15) is 5.10 Å². The molecule has 1 saturated heterocycles. The molecule has 2 aromatic heterocycles. The van der Waals surface area contributed by atoms with E-state index in [4.69, 9.17) is 4.98 Å². The van der Waals surface area contributed by atoms with Gasteiger partial charge in [0, 0.05) is 37.8 Å². The van der Waals surface area contributed by atoms with E-state index in [2.05, 4.69) is 28.7 Å². The standard InChI is InChI=1S/C22H25N5OS/c1-26-13-16(12-23-26)11-15-9-10-27(14-15)22(28)25-21-19(17-5-3-2-4-6-17)24-20(29-21)18-7-8-18/h2-6,12-13,15,18H,7-11,14H2,1H3,(H,25,28)/t15-/m0/s1. The van der Waals surface area contributed by atoms with Crippen LogP contribution in [0, 0.1) is 5.92 Å². The summed E-state index contributed by atoms with van der Waals surface area (Å²) in [4.78, 5) is 19.8. The summed E-state index contributed by atoms with van der Waals surface area (Å²) >= 11 is 1.64. The number of hydrogen-bond donors (Lipinski definition) is 1. The Kier molecular flexibility index (Phi) is 4.83. The van der Waals surface area contributed by atoms with Gasteiger partial charge in [0.1, 0.15) is 10.7 Å². The zero-order valence-electron chi connectivity index (χ0n) is 16.5. The average Bonchev–Trinajstić information content (AvgIpc) is 3.12. The lowest BCUT2D eigenvalue weighted by atomic mass is 10.0. The van der Waals surface area contributed by atoms with E-state index >= 15 is 0 Å². The summed E-state index contributed by atoms with van der Waals surface area (Å²) in [5.74, 6) is 1.06. The Hall–Kier alpha value is -2.67. The highest BCUT2D eigenvalue weighted by Gasteiger charge is 2.31. The Labute approximate surface area is 174 Å². The first-order valence-corrected chi connectivity index (χ1v) is 11.1. The van der Waals surface area contributed by atoms with Crippen LogP contribution in [0.5, 0.6) is 0 Å². The Morgan fingerprint density at radius 1 is 1.24 bits per heavy atom. The molecule has 6 nitrogen and oxygen atoms in total. The van der Waals surface area contributed by atoms with Crippen molar-refractivity contribution >= 4 is 22.4 Å². The second-order valence-corrected chi connectivity index (χ2v) is 9.16. The molecule has 1 aromatic carbocycles. The number of carbonyl (C=O) groups excluding carboxylic acids is 1. The first-order chi connectivity index (χ1) is 14.2. The van der Waals surface area contributed by atoms with Crippen LogP contribution >= 0.6 is 11.3 Å². The highest BCUT2D eigenvalue weighted by molar-refractivity contribution is 7.16. The third-order valence-corrected chi connectivity index (χ3v) is 6.83. The Morgan fingerprint density at radius 2 is 2.07 bits per heavy atom. The topological polar surface area (TPSA) is 63.1 Å². The molecule has 2 fully saturated rings. The van der Waals surface area contributed by atoms with Crippen LogP contribution in [0.2, 0.25) is 0 Å². The van der Waals surface area contributed by atoms with Crippen molar-refractivity contribution in [2.24, 2.45) is 13.0 Å². The fraction of sp³-hybridized carbons (Fsp3) is 0.409. The molecular weight excluding hydrogens is 382 g/mol. The average molecular weight is 408 g/mol. The van der Waals surface area contributed by atoms with Gasteiger partial charge in [0.25, 0.3) is 0 Å². The van der Waals surface area contributed by atoms with Gasteiger partial charge in [-0.15, -0.1) is 11.3 Å². The van der Waals surface area contributed by atoms with Crippen LogP contribution in [-0.2, 0) is 13.5 Å². The van der Waals surface area contributed by atoms with E-state index in [0.717, 1.165) is 47.2 Å². The molecule has 1 aliphatic heterocycles. The molecular formula is C22H25N5OS. The number of nitrogens with zero attached hydrogens (tertiary/aromatic N) is 4. The van der Waals surface area contributed by atoms with E-state index < -0.39 is 0 Å². The molecule has 0 radical (unpaired) electrons.